The third-order valence-electron chi connectivity index (χ3n) is 0.539. The lowest BCUT2D eigenvalue weighted by Crippen LogP contribution is -1.78. The highest BCUT2D eigenvalue weighted by Crippen LogP contribution is 1.91. The van der Waals surface area contributed by atoms with Crippen LogP contribution in [0.5, 0.6) is 0 Å². The van der Waals surface area contributed by atoms with Gasteiger partial charge in [-0.15, -0.1) is 0 Å². The van der Waals surface area contributed by atoms with Crippen LogP contribution in [0.3, 0.4) is 0 Å². The van der Waals surface area contributed by atoms with Crippen LogP contribution in [0.2, 0.25) is 6.32 Å². The molecular formula is C2H8B2O4. The maximum Gasteiger partial charge on any atom is 0.432 e. The highest BCUT2D eigenvalue weighted by Gasteiger charge is 1.99. The maximum absolute atomic E-state index is 7.12. The van der Waals surface area contributed by atoms with Gasteiger partial charge in [0.15, 0.2) is 0 Å². The van der Waals surface area contributed by atoms with Gasteiger partial charge in [-0.25, -0.2) is 0 Å². The second-order valence-corrected chi connectivity index (χ2v) is 1.14. The molecule has 0 aromatic rings. The minimum Gasteiger partial charge on any atom is -0.430 e. The Kier molecular flexibility index (Phi) is 6.94. The molecule has 8 heavy (non-hydrogen) atoms. The summed E-state index contributed by atoms with van der Waals surface area (Å²) >= 11 is 0. The fraction of sp³-hybridized carbons (Fsp3) is 1.00. The van der Waals surface area contributed by atoms with E-state index in [1.807, 2.05) is 0 Å². The number of rotatable bonds is 0. The highest BCUT2D eigenvalue weighted by atomic mass is 17.2. The van der Waals surface area contributed by atoms with E-state index >= 15 is 0 Å². The van der Waals surface area contributed by atoms with Crippen LogP contribution in [0.1, 0.15) is 0 Å². The quantitative estimate of drug-likeness (QED) is 0.284. The molecule has 0 aliphatic carbocycles. The van der Waals surface area contributed by atoms with Crippen LogP contribution in [0.4, 0.5) is 0 Å². The molecule has 0 radical (unpaired) electrons. The largest absolute Gasteiger partial charge is 0.432 e. The molecule has 0 bridgehead atoms. The molecule has 0 amide bonds. The van der Waals surface area contributed by atoms with E-state index in [9.17, 15) is 0 Å². The molecule has 0 spiro atoms. The maximum atomic E-state index is 7.12. The van der Waals surface area contributed by atoms with E-state index in [1.54, 1.807) is 0 Å². The van der Waals surface area contributed by atoms with E-state index < -0.39 is 7.69 Å². The van der Waals surface area contributed by atoms with Crippen LogP contribution >= 0.6 is 0 Å². The molecule has 1 fully saturated rings. The van der Waals surface area contributed by atoms with Gasteiger partial charge in [0.2, 0.25) is 0 Å². The average molecular weight is 118 g/mol. The van der Waals surface area contributed by atoms with Crippen molar-refractivity contribution in [1.82, 2.24) is 0 Å². The first-order valence-corrected chi connectivity index (χ1v) is 2.38. The summed E-state index contributed by atoms with van der Waals surface area (Å²) in [5, 5.41) is 14.2. The Labute approximate surface area is 48.9 Å². The normalized spacial score (nSPS) is 15.8. The number of hydrogen-bond acceptors (Lipinski definition) is 4. The van der Waals surface area contributed by atoms with Gasteiger partial charge in [0.25, 0.3) is 0 Å². The highest BCUT2D eigenvalue weighted by molar-refractivity contribution is 6.27. The third kappa shape index (κ3) is 5.97. The molecule has 0 unspecified atom stereocenters. The second kappa shape index (κ2) is 6.97. The predicted octanol–water partition coefficient (Wildman–Crippen LogP) is -2.04. The third-order valence-corrected chi connectivity index (χ3v) is 0.539. The van der Waals surface area contributed by atoms with E-state index in [1.165, 1.54) is 0 Å². The van der Waals surface area contributed by atoms with Crippen LogP contribution in [-0.2, 0) is 9.69 Å². The van der Waals surface area contributed by atoms with Gasteiger partial charge in [-0.3, -0.25) is 4.89 Å². The topological polar surface area (TPSA) is 58.9 Å². The molecule has 1 rings (SSSR count). The summed E-state index contributed by atoms with van der Waals surface area (Å²) in [6.07, 6.45) is 1.06. The molecule has 46 valence electrons. The van der Waals surface area contributed by atoms with Crippen molar-refractivity contribution in [3.05, 3.63) is 0 Å². The summed E-state index contributed by atoms with van der Waals surface area (Å²) in [6, 6.07) is 0. The van der Waals surface area contributed by atoms with Gasteiger partial charge >= 0.3 is 15.2 Å². The second-order valence-electron chi connectivity index (χ2n) is 1.14. The minimum atomic E-state index is -0.750. The van der Waals surface area contributed by atoms with Gasteiger partial charge in [0.05, 0.1) is 6.61 Å². The van der Waals surface area contributed by atoms with Crippen LogP contribution in [-0.4, -0.2) is 31.8 Å². The lowest BCUT2D eigenvalue weighted by molar-refractivity contribution is -0.181. The van der Waals surface area contributed by atoms with Crippen LogP contribution in [0, 0.1) is 0 Å². The lowest BCUT2D eigenvalue weighted by Gasteiger charge is -1.79. The fourth-order valence-electron chi connectivity index (χ4n) is 0.295. The van der Waals surface area contributed by atoms with Crippen LogP contribution in [0.15, 0.2) is 0 Å². The molecule has 1 aliphatic heterocycles. The molecule has 6 heteroatoms. The van der Waals surface area contributed by atoms with Gasteiger partial charge in [0.1, 0.15) is 0 Å². The first-order valence-electron chi connectivity index (χ1n) is 2.38. The van der Waals surface area contributed by atoms with E-state index in [4.69, 9.17) is 10.0 Å². The van der Waals surface area contributed by atoms with Gasteiger partial charge in [-0.2, -0.15) is 0 Å². The first kappa shape index (κ1) is 7.97. The summed E-state index contributed by atoms with van der Waals surface area (Å²) in [5.41, 5.74) is 0. The molecule has 1 heterocycles. The molecule has 1 saturated heterocycles. The zero-order valence-electron chi connectivity index (χ0n) is 4.54. The molecule has 0 aromatic heterocycles. The fourth-order valence-corrected chi connectivity index (χ4v) is 0.295. The van der Waals surface area contributed by atoms with Crippen LogP contribution < -0.4 is 0 Å². The molecule has 1 aliphatic rings. The molecule has 0 saturated carbocycles. The number of hydrogen-bond donors (Lipinski definition) is 2. The standard InChI is InChI=1S/C2H5BO2.BH3O2/c1-2-4-5-3-1;2-1-3/h3H,1-2H2;1-3H. The first-order chi connectivity index (χ1) is 3.91. The van der Waals surface area contributed by atoms with Gasteiger partial charge < -0.3 is 14.9 Å². The Balaban J connectivity index is 0.000000145. The molecule has 4 nitrogen and oxygen atoms in total. The lowest BCUT2D eigenvalue weighted by atomic mass is 9.99. The van der Waals surface area contributed by atoms with Gasteiger partial charge in [0, 0.05) is 0 Å². The molecule has 2 N–H and O–H groups in total. The van der Waals surface area contributed by atoms with Crippen LogP contribution in [0.25, 0.3) is 0 Å². The van der Waals surface area contributed by atoms with Crippen molar-refractivity contribution in [3.8, 4) is 0 Å². The SMILES string of the molecule is B1CCOO1.OBO. The average Bonchev–Trinajstić information content (AvgIpc) is 2.17. The molecular weight excluding hydrogens is 110 g/mol. The molecule has 0 aromatic carbocycles. The monoisotopic (exact) mass is 118 g/mol. The zero-order valence-corrected chi connectivity index (χ0v) is 4.54. The zero-order chi connectivity index (χ0) is 6.24. The van der Waals surface area contributed by atoms with E-state index in [0.717, 1.165) is 20.4 Å². The van der Waals surface area contributed by atoms with Gasteiger partial charge in [-0.1, -0.05) is 0 Å². The summed E-state index contributed by atoms with van der Waals surface area (Å²) < 4.78 is 0. The van der Waals surface area contributed by atoms with Crippen molar-refractivity contribution in [2.24, 2.45) is 0 Å². The van der Waals surface area contributed by atoms with Crippen molar-refractivity contribution in [3.63, 3.8) is 0 Å². The Morgan fingerprint density at radius 2 is 2.12 bits per heavy atom. The minimum absolute atomic E-state index is 0.750. The summed E-state index contributed by atoms with van der Waals surface area (Å²) in [4.78, 5) is 8.89. The Morgan fingerprint density at radius 3 is 2.25 bits per heavy atom. The summed E-state index contributed by atoms with van der Waals surface area (Å²) in [6.45, 7) is 0.778. The van der Waals surface area contributed by atoms with E-state index in [-0.39, 0.29) is 0 Å². The van der Waals surface area contributed by atoms with E-state index in [2.05, 4.69) is 9.69 Å². The Hall–Kier alpha value is -0.0301. The van der Waals surface area contributed by atoms with E-state index in [0.29, 0.717) is 0 Å². The van der Waals surface area contributed by atoms with Crippen molar-refractivity contribution in [1.29, 1.82) is 0 Å². The summed E-state index contributed by atoms with van der Waals surface area (Å²) in [7, 11) is 0.0278. The van der Waals surface area contributed by atoms with Crippen molar-refractivity contribution < 1.29 is 19.7 Å². The van der Waals surface area contributed by atoms with Crippen molar-refractivity contribution >= 4 is 15.2 Å². The Morgan fingerprint density at radius 1 is 1.50 bits per heavy atom. The van der Waals surface area contributed by atoms with Crippen molar-refractivity contribution in [2.45, 2.75) is 6.32 Å². The smallest absolute Gasteiger partial charge is 0.430 e. The van der Waals surface area contributed by atoms with Crippen molar-refractivity contribution in [2.75, 3.05) is 6.61 Å². The predicted molar refractivity (Wildman–Crippen MR) is 30.6 cm³/mol. The molecule has 0 atom stereocenters. The van der Waals surface area contributed by atoms with Gasteiger partial charge in [-0.05, 0) is 6.32 Å². The Bertz CT molecular complexity index is 31.4. The summed E-state index contributed by atoms with van der Waals surface area (Å²) in [5.74, 6) is 0.